The molecule has 0 radical (unpaired) electrons. The summed E-state index contributed by atoms with van der Waals surface area (Å²) in [6.07, 6.45) is 7.50. The van der Waals surface area contributed by atoms with E-state index in [0.29, 0.717) is 5.02 Å². The van der Waals surface area contributed by atoms with E-state index in [-0.39, 0.29) is 42.3 Å². The SMILES string of the molecule is CC1(C)OB(c2ccc(-c3cccc4cccnc34)nc2)OC1(C)C.Clc1cc(-c2cc3ccccc3c3ccccc23)nc2c1cc(-c1ccc3ccccc3c1)c1ccccc12.[U].c1ccc2cc(-c3cc4c(-c5ccc(-c6cccc7cccnc67)nc5)cc(-c5cc6ccccc6c6ccccc56)nc4c4ccccc34)ccc2c1. The second kappa shape index (κ2) is 30.7. The summed E-state index contributed by atoms with van der Waals surface area (Å²) in [6.45, 7) is 8.21. The molecule has 8 nitrogen and oxygen atoms in total. The second-order valence-corrected chi connectivity index (χ2v) is 31.9. The van der Waals surface area contributed by atoms with Crippen LogP contribution < -0.4 is 5.46 Å². The zero-order valence-corrected chi connectivity index (χ0v) is 70.7. The van der Waals surface area contributed by atoms with Crippen molar-refractivity contribution in [1.82, 2.24) is 29.9 Å². The van der Waals surface area contributed by atoms with Gasteiger partial charge in [0.15, 0.2) is 0 Å². The fraction of sp³-hybridized carbons (Fsp3) is 0.0556. The molecule has 0 N–H and O–H groups in total. The van der Waals surface area contributed by atoms with Gasteiger partial charge >= 0.3 is 7.12 Å². The van der Waals surface area contributed by atoms with Gasteiger partial charge in [-0.3, -0.25) is 19.9 Å². The molecule has 7 heterocycles. The molecule has 0 saturated carbocycles. The molecule has 562 valence electrons. The van der Waals surface area contributed by atoms with Crippen molar-refractivity contribution >= 4 is 154 Å². The molecule has 0 aliphatic carbocycles. The average molecular weight is 1770 g/mol. The molecule has 16 aromatic carbocycles. The van der Waals surface area contributed by atoms with Crippen LogP contribution in [-0.2, 0) is 9.31 Å². The molecular weight excluding hydrogens is 1700 g/mol. The van der Waals surface area contributed by atoms with Crippen molar-refractivity contribution in [3.05, 3.63) is 382 Å². The number of halogens is 1. The van der Waals surface area contributed by atoms with E-state index in [1.165, 1.54) is 92.1 Å². The fourth-order valence-electron chi connectivity index (χ4n) is 17.3. The van der Waals surface area contributed by atoms with Crippen molar-refractivity contribution in [2.45, 2.75) is 38.9 Å². The molecule has 1 aliphatic rings. The quantitative estimate of drug-likeness (QED) is 0.110. The van der Waals surface area contributed by atoms with Gasteiger partial charge in [0, 0.05) is 121 Å². The van der Waals surface area contributed by atoms with Crippen molar-refractivity contribution < 1.29 is 40.4 Å². The van der Waals surface area contributed by atoms with Gasteiger partial charge in [0.2, 0.25) is 0 Å². The molecule has 0 bridgehead atoms. The Kier molecular flexibility index (Phi) is 19.3. The maximum absolute atomic E-state index is 7.10. The molecular formula is C108H74BClN6O2U. The largest absolute Gasteiger partial charge is 0.496 e. The van der Waals surface area contributed by atoms with Gasteiger partial charge in [-0.1, -0.05) is 291 Å². The van der Waals surface area contributed by atoms with Crippen LogP contribution in [0.15, 0.2) is 377 Å². The minimum Gasteiger partial charge on any atom is -0.399 e. The van der Waals surface area contributed by atoms with E-state index >= 15 is 0 Å². The van der Waals surface area contributed by atoms with Gasteiger partial charge in [0.05, 0.1) is 61.1 Å². The van der Waals surface area contributed by atoms with Crippen molar-refractivity contribution in [2.75, 3.05) is 0 Å². The summed E-state index contributed by atoms with van der Waals surface area (Å²) < 4.78 is 12.2. The first-order valence-corrected chi connectivity index (χ1v) is 40.4. The van der Waals surface area contributed by atoms with E-state index in [0.717, 1.165) is 122 Å². The van der Waals surface area contributed by atoms with Gasteiger partial charge < -0.3 is 9.31 Å². The normalized spacial score (nSPS) is 13.1. The van der Waals surface area contributed by atoms with Gasteiger partial charge in [0.25, 0.3) is 0 Å². The molecule has 0 atom stereocenters. The molecule has 1 aliphatic heterocycles. The Labute approximate surface area is 717 Å². The van der Waals surface area contributed by atoms with Gasteiger partial charge in [-0.05, 0) is 204 Å². The summed E-state index contributed by atoms with van der Waals surface area (Å²) in [5, 5.41) is 24.1. The van der Waals surface area contributed by atoms with Gasteiger partial charge in [-0.25, -0.2) is 9.97 Å². The van der Waals surface area contributed by atoms with Crippen molar-refractivity contribution in [3.8, 4) is 78.4 Å². The molecule has 6 aromatic heterocycles. The molecule has 22 aromatic rings. The van der Waals surface area contributed by atoms with Crippen LogP contribution in [0.1, 0.15) is 27.7 Å². The monoisotopic (exact) mass is 1770 g/mol. The maximum atomic E-state index is 7.10. The molecule has 0 spiro atoms. The van der Waals surface area contributed by atoms with Crippen LogP contribution in [0.25, 0.3) is 208 Å². The number of benzene rings is 16. The van der Waals surface area contributed by atoms with E-state index in [2.05, 4.69) is 347 Å². The Balaban J connectivity index is 0.000000122. The number of fused-ring (bicyclic) bond motifs is 16. The number of rotatable bonds is 8. The van der Waals surface area contributed by atoms with E-state index in [4.69, 9.17) is 40.8 Å². The predicted octanol–water partition coefficient (Wildman–Crippen LogP) is 27.9. The minimum atomic E-state index is -0.391. The first-order valence-electron chi connectivity index (χ1n) is 40.0. The topological polar surface area (TPSA) is 95.8 Å². The van der Waals surface area contributed by atoms with Crippen LogP contribution in [0.2, 0.25) is 5.02 Å². The van der Waals surface area contributed by atoms with E-state index in [1.807, 2.05) is 67.3 Å². The first-order chi connectivity index (χ1) is 57.9. The minimum absolute atomic E-state index is 0. The number of aromatic nitrogens is 6. The van der Waals surface area contributed by atoms with E-state index in [9.17, 15) is 0 Å². The van der Waals surface area contributed by atoms with E-state index in [1.54, 1.807) is 0 Å². The van der Waals surface area contributed by atoms with Crippen LogP contribution in [0, 0.1) is 31.1 Å². The summed E-state index contributed by atoms with van der Waals surface area (Å²) in [5.74, 6) is 0. The number of hydrogen-bond donors (Lipinski definition) is 0. The molecule has 11 heteroatoms. The summed E-state index contributed by atoms with van der Waals surface area (Å²) in [7, 11) is -0.391. The third-order valence-corrected chi connectivity index (χ3v) is 24.3. The average Bonchev–Trinajstić information content (AvgIpc) is 1.67. The van der Waals surface area contributed by atoms with Gasteiger partial charge in [-0.15, -0.1) is 0 Å². The molecule has 23 rings (SSSR count). The maximum Gasteiger partial charge on any atom is 0.496 e. The number of hydrogen-bond acceptors (Lipinski definition) is 8. The zero-order valence-electron chi connectivity index (χ0n) is 65.8. The molecule has 1 saturated heterocycles. The van der Waals surface area contributed by atoms with Crippen molar-refractivity contribution in [1.29, 1.82) is 0 Å². The molecule has 119 heavy (non-hydrogen) atoms. The van der Waals surface area contributed by atoms with Crippen LogP contribution >= 0.6 is 11.6 Å². The Morgan fingerprint density at radius 3 is 1.10 bits per heavy atom. The Hall–Kier alpha value is -13.1. The Morgan fingerprint density at radius 2 is 0.622 bits per heavy atom. The van der Waals surface area contributed by atoms with Crippen molar-refractivity contribution in [2.24, 2.45) is 0 Å². The molecule has 1 fully saturated rings. The van der Waals surface area contributed by atoms with Crippen LogP contribution in [0.3, 0.4) is 0 Å². The summed E-state index contributed by atoms with van der Waals surface area (Å²) in [5.41, 5.74) is 18.7. The molecule has 0 unspecified atom stereocenters. The zero-order chi connectivity index (χ0) is 79.2. The Morgan fingerprint density at radius 1 is 0.244 bits per heavy atom. The number of nitrogens with zero attached hydrogens (tertiary/aromatic N) is 6. The Bertz CT molecular complexity index is 7790. The van der Waals surface area contributed by atoms with Gasteiger partial charge in [-0.2, -0.15) is 0 Å². The fourth-order valence-corrected chi connectivity index (χ4v) is 17.6. The number of para-hydroxylation sites is 2. The molecule has 0 amide bonds. The van der Waals surface area contributed by atoms with Crippen molar-refractivity contribution in [3.63, 3.8) is 0 Å². The van der Waals surface area contributed by atoms with Crippen LogP contribution in [0.5, 0.6) is 0 Å². The third-order valence-electron chi connectivity index (χ3n) is 24.0. The van der Waals surface area contributed by atoms with Crippen LogP contribution in [-0.4, -0.2) is 48.2 Å². The first kappa shape index (κ1) is 74.7. The number of pyridine rings is 6. The standard InChI is InChI=1S/C51H31N3.C37H22ClN.C20H21BN2O2.U/c1-2-12-34-27-36(23-22-32(34)11-1)44-29-47-45(37-24-25-48(53-31-37)43-21-9-14-33-15-10-26-52-50(33)43)30-49(54-51(47)42-20-8-7-19-41(42)44)46-28-35-13-3-4-16-38(35)39-17-5-6-18-40(39)46;38-35-22-36(33-20-25-11-3-4-12-27(25)28-13-5-6-14-29(28)33)39-37-31-16-8-7-15-30(31)32(21-34(35)37)26-18-17-23-9-1-2-10-24(23)19-26;1-19(2)20(3,4)25-21(24-19)15-10-11-17(23-13-15)16-9-5-7-14-8-6-12-22-18(14)16;/h1-31H;1-22H;5-13H,1-4H3;. The third kappa shape index (κ3) is 13.6. The summed E-state index contributed by atoms with van der Waals surface area (Å²) in [6, 6.07) is 124. The second-order valence-electron chi connectivity index (χ2n) is 31.5. The predicted molar refractivity (Wildman–Crippen MR) is 495 cm³/mol. The van der Waals surface area contributed by atoms with Crippen LogP contribution in [0.4, 0.5) is 0 Å². The van der Waals surface area contributed by atoms with Gasteiger partial charge in [0.1, 0.15) is 0 Å². The smallest absolute Gasteiger partial charge is 0.399 e. The summed E-state index contributed by atoms with van der Waals surface area (Å²) in [4.78, 5) is 29.8. The summed E-state index contributed by atoms with van der Waals surface area (Å²) >= 11 is 7.10. The van der Waals surface area contributed by atoms with E-state index < -0.39 is 7.12 Å².